The van der Waals surface area contributed by atoms with Crippen molar-refractivity contribution < 1.29 is 0 Å². The van der Waals surface area contributed by atoms with Crippen LogP contribution in [0.5, 0.6) is 0 Å². The Morgan fingerprint density at radius 3 is 1.38 bits per heavy atom. The molecule has 0 unspecified atom stereocenters. The van der Waals surface area contributed by atoms with Crippen LogP contribution in [-0.2, 0) is 0 Å². The molecule has 4 rings (SSSR count). The zero-order chi connectivity index (χ0) is 17.9. The third kappa shape index (κ3) is 3.53. The Labute approximate surface area is 170 Å². The summed E-state index contributed by atoms with van der Waals surface area (Å²) in [5, 5.41) is 0. The fraction of sp³-hybridized carbons (Fsp3) is 0. The summed E-state index contributed by atoms with van der Waals surface area (Å²) in [6.07, 6.45) is 0. The van der Waals surface area contributed by atoms with E-state index in [1.807, 2.05) is 0 Å². The highest BCUT2D eigenvalue weighted by molar-refractivity contribution is 9.10. The number of hydrogen-bond acceptors (Lipinski definition) is 0. The van der Waals surface area contributed by atoms with Gasteiger partial charge in [0.25, 0.3) is 0 Å². The van der Waals surface area contributed by atoms with Gasteiger partial charge in [-0.25, -0.2) is 0 Å². The Bertz CT molecular complexity index is 1020. The fourth-order valence-corrected chi connectivity index (χ4v) is 3.74. The topological polar surface area (TPSA) is 0 Å². The van der Waals surface area contributed by atoms with Gasteiger partial charge in [-0.1, -0.05) is 105 Å². The lowest BCUT2D eigenvalue weighted by Crippen LogP contribution is -1.90. The number of halogens is 2. The fourth-order valence-electron chi connectivity index (χ4n) is 3.21. The maximum absolute atomic E-state index is 3.55. The smallest absolute Gasteiger partial charge is 0.0175 e. The first-order valence-corrected chi connectivity index (χ1v) is 10.0. The molecule has 0 bridgehead atoms. The van der Waals surface area contributed by atoms with Crippen molar-refractivity contribution >= 4 is 31.9 Å². The molecule has 0 amide bonds. The minimum atomic E-state index is 1.09. The summed E-state index contributed by atoms with van der Waals surface area (Å²) < 4.78 is 2.18. The maximum Gasteiger partial charge on any atom is 0.0175 e. The van der Waals surface area contributed by atoms with E-state index in [1.54, 1.807) is 0 Å². The summed E-state index contributed by atoms with van der Waals surface area (Å²) in [5.74, 6) is 0. The van der Waals surface area contributed by atoms with Crippen molar-refractivity contribution in [3.63, 3.8) is 0 Å². The highest BCUT2D eigenvalue weighted by atomic mass is 79.9. The molecule has 0 N–H and O–H groups in total. The minimum Gasteiger partial charge on any atom is -0.0622 e. The van der Waals surface area contributed by atoms with Crippen LogP contribution in [0.25, 0.3) is 33.4 Å². The molecular weight excluding hydrogens is 448 g/mol. The number of rotatable bonds is 3. The van der Waals surface area contributed by atoms with Crippen LogP contribution >= 0.6 is 31.9 Å². The summed E-state index contributed by atoms with van der Waals surface area (Å²) in [6, 6.07) is 34.2. The molecular formula is C24H16Br2. The monoisotopic (exact) mass is 462 g/mol. The van der Waals surface area contributed by atoms with Crippen molar-refractivity contribution in [2.45, 2.75) is 0 Å². The van der Waals surface area contributed by atoms with Crippen LogP contribution in [0.15, 0.2) is 106 Å². The van der Waals surface area contributed by atoms with Gasteiger partial charge in [-0.2, -0.15) is 0 Å². The van der Waals surface area contributed by atoms with E-state index in [0.717, 1.165) is 8.95 Å². The van der Waals surface area contributed by atoms with E-state index >= 15 is 0 Å². The largest absolute Gasteiger partial charge is 0.0622 e. The van der Waals surface area contributed by atoms with Crippen molar-refractivity contribution in [2.75, 3.05) is 0 Å². The molecule has 0 aliphatic carbocycles. The number of benzene rings is 4. The van der Waals surface area contributed by atoms with Crippen molar-refractivity contribution in [3.8, 4) is 33.4 Å². The van der Waals surface area contributed by atoms with E-state index in [9.17, 15) is 0 Å². The average Bonchev–Trinajstić information content (AvgIpc) is 2.69. The summed E-state index contributed by atoms with van der Waals surface area (Å²) in [7, 11) is 0. The van der Waals surface area contributed by atoms with Gasteiger partial charge < -0.3 is 0 Å². The van der Waals surface area contributed by atoms with Gasteiger partial charge in [-0.15, -0.1) is 0 Å². The second-order valence-corrected chi connectivity index (χ2v) is 7.94. The van der Waals surface area contributed by atoms with Crippen molar-refractivity contribution in [1.82, 2.24) is 0 Å². The van der Waals surface area contributed by atoms with Crippen LogP contribution in [0.1, 0.15) is 0 Å². The predicted octanol–water partition coefficient (Wildman–Crippen LogP) is 8.21. The molecule has 126 valence electrons. The van der Waals surface area contributed by atoms with Crippen LogP contribution in [0.2, 0.25) is 0 Å². The van der Waals surface area contributed by atoms with Crippen LogP contribution in [0, 0.1) is 0 Å². The molecule has 0 radical (unpaired) electrons. The Morgan fingerprint density at radius 1 is 0.385 bits per heavy atom. The minimum absolute atomic E-state index is 1.09. The molecule has 0 aliphatic heterocycles. The van der Waals surface area contributed by atoms with Gasteiger partial charge in [0.05, 0.1) is 0 Å². The molecule has 4 aromatic carbocycles. The Hall–Kier alpha value is -2.16. The van der Waals surface area contributed by atoms with Gasteiger partial charge in [-0.3, -0.25) is 0 Å². The molecule has 0 fully saturated rings. The van der Waals surface area contributed by atoms with Crippen LogP contribution in [-0.4, -0.2) is 0 Å². The van der Waals surface area contributed by atoms with Gasteiger partial charge in [0, 0.05) is 8.95 Å². The molecule has 0 aliphatic rings. The SMILES string of the molecule is Brc1ccc(-c2cccc(-c3ccccc3)c2-c2ccc(Br)cc2)cc1. The first-order valence-electron chi connectivity index (χ1n) is 8.43. The van der Waals surface area contributed by atoms with E-state index in [1.165, 1.54) is 33.4 Å². The van der Waals surface area contributed by atoms with Crippen molar-refractivity contribution in [2.24, 2.45) is 0 Å². The van der Waals surface area contributed by atoms with E-state index in [4.69, 9.17) is 0 Å². The van der Waals surface area contributed by atoms with Crippen molar-refractivity contribution in [3.05, 3.63) is 106 Å². The summed E-state index contributed by atoms with van der Waals surface area (Å²) >= 11 is 7.08. The van der Waals surface area contributed by atoms with E-state index in [-0.39, 0.29) is 0 Å². The zero-order valence-corrected chi connectivity index (χ0v) is 17.2. The average molecular weight is 464 g/mol. The van der Waals surface area contributed by atoms with E-state index in [0.29, 0.717) is 0 Å². The molecule has 4 aromatic rings. The number of hydrogen-bond donors (Lipinski definition) is 0. The lowest BCUT2D eigenvalue weighted by molar-refractivity contribution is 1.54. The normalized spacial score (nSPS) is 10.7. The highest BCUT2D eigenvalue weighted by Crippen LogP contribution is 2.40. The van der Waals surface area contributed by atoms with E-state index in [2.05, 4.69) is 129 Å². The third-order valence-electron chi connectivity index (χ3n) is 4.44. The summed E-state index contributed by atoms with van der Waals surface area (Å²) in [5.41, 5.74) is 7.39. The molecule has 2 heteroatoms. The predicted molar refractivity (Wildman–Crippen MR) is 118 cm³/mol. The van der Waals surface area contributed by atoms with Gasteiger partial charge in [0.15, 0.2) is 0 Å². The molecule has 0 saturated carbocycles. The highest BCUT2D eigenvalue weighted by Gasteiger charge is 2.13. The van der Waals surface area contributed by atoms with Gasteiger partial charge in [0.2, 0.25) is 0 Å². The first kappa shape index (κ1) is 17.3. The van der Waals surface area contributed by atoms with Crippen LogP contribution in [0.4, 0.5) is 0 Å². The maximum atomic E-state index is 3.55. The van der Waals surface area contributed by atoms with Gasteiger partial charge >= 0.3 is 0 Å². The van der Waals surface area contributed by atoms with Gasteiger partial charge in [0.1, 0.15) is 0 Å². The van der Waals surface area contributed by atoms with Crippen LogP contribution in [0.3, 0.4) is 0 Å². The second kappa shape index (κ2) is 7.61. The second-order valence-electron chi connectivity index (χ2n) is 6.11. The standard InChI is InChI=1S/C24H16Br2/c25-20-13-9-18(10-14-20)23-8-4-7-22(17-5-2-1-3-6-17)24(23)19-11-15-21(26)16-12-19/h1-16H. The molecule has 0 heterocycles. The first-order chi connectivity index (χ1) is 12.7. The third-order valence-corrected chi connectivity index (χ3v) is 5.49. The molecule has 0 aromatic heterocycles. The Kier molecular flexibility index (Phi) is 5.05. The van der Waals surface area contributed by atoms with Gasteiger partial charge in [-0.05, 0) is 57.6 Å². The Balaban J connectivity index is 2.00. The quantitative estimate of drug-likeness (QED) is 0.287. The summed E-state index contributed by atoms with van der Waals surface area (Å²) in [4.78, 5) is 0. The Morgan fingerprint density at radius 2 is 0.846 bits per heavy atom. The molecule has 0 spiro atoms. The molecule has 0 saturated heterocycles. The van der Waals surface area contributed by atoms with Crippen LogP contribution < -0.4 is 0 Å². The zero-order valence-electron chi connectivity index (χ0n) is 14.0. The van der Waals surface area contributed by atoms with Crippen molar-refractivity contribution in [1.29, 1.82) is 0 Å². The molecule has 0 nitrogen and oxygen atoms in total. The van der Waals surface area contributed by atoms with E-state index < -0.39 is 0 Å². The molecule has 26 heavy (non-hydrogen) atoms. The molecule has 0 atom stereocenters. The summed E-state index contributed by atoms with van der Waals surface area (Å²) in [6.45, 7) is 0. The lowest BCUT2D eigenvalue weighted by Gasteiger charge is -2.16. The lowest BCUT2D eigenvalue weighted by atomic mass is 9.88.